The molecule has 274 valence electrons. The van der Waals surface area contributed by atoms with Crippen molar-refractivity contribution in [2.75, 3.05) is 39.4 Å². The average Bonchev–Trinajstić information content (AvgIpc) is 3.59. The fraction of sp³-hybridized carbons (Fsp3) is 0.250. The van der Waals surface area contributed by atoms with Crippen LogP contribution in [0.3, 0.4) is 0 Å². The predicted molar refractivity (Wildman–Crippen MR) is 207 cm³/mol. The summed E-state index contributed by atoms with van der Waals surface area (Å²) in [7, 11) is 7.00. The highest BCUT2D eigenvalue weighted by Gasteiger charge is 2.53. The first-order valence-corrected chi connectivity index (χ1v) is 19.7. The highest BCUT2D eigenvalue weighted by Crippen LogP contribution is 2.69. The van der Waals surface area contributed by atoms with Crippen molar-refractivity contribution in [3.63, 3.8) is 0 Å². The van der Waals surface area contributed by atoms with Crippen LogP contribution in [0, 0.1) is 0 Å². The molecule has 4 N–H and O–H groups in total. The number of carbonyl (C=O) groups is 4. The molecule has 0 bridgehead atoms. The van der Waals surface area contributed by atoms with Crippen molar-refractivity contribution < 1.29 is 44.0 Å². The Morgan fingerprint density at radius 3 is 2.36 bits per heavy atom. The molecule has 0 radical (unpaired) electrons. The van der Waals surface area contributed by atoms with Crippen molar-refractivity contribution in [2.45, 2.75) is 28.9 Å². The number of benzene rings is 3. The second-order valence-electron chi connectivity index (χ2n) is 14.5. The molecule has 6 aliphatic rings. The maximum absolute atomic E-state index is 13.4. The summed E-state index contributed by atoms with van der Waals surface area (Å²) in [5.41, 5.74) is 7.58. The van der Waals surface area contributed by atoms with Crippen LogP contribution < -0.4 is 20.2 Å². The summed E-state index contributed by atoms with van der Waals surface area (Å²) >= 11 is 2.81. The zero-order valence-corrected chi connectivity index (χ0v) is 31.3. The number of thioether (sulfide) groups is 2. The number of carboxylic acid groups (broad SMARTS) is 3. The number of hydrogen-bond acceptors (Lipinski definition) is 12. The number of aromatic carboxylic acids is 1. The van der Waals surface area contributed by atoms with Crippen molar-refractivity contribution >= 4 is 97.2 Å². The summed E-state index contributed by atoms with van der Waals surface area (Å²) in [5, 5.41) is 40.2. The van der Waals surface area contributed by atoms with Gasteiger partial charge in [-0.05, 0) is 57.0 Å². The lowest BCUT2D eigenvalue weighted by Crippen LogP contribution is -2.34. The van der Waals surface area contributed by atoms with Gasteiger partial charge in [-0.2, -0.15) is 0 Å². The molecule has 5 aliphatic carbocycles. The predicted octanol–water partition coefficient (Wildman–Crippen LogP) is 5.03. The lowest BCUT2D eigenvalue weighted by atomic mass is 9.61. The summed E-state index contributed by atoms with van der Waals surface area (Å²) in [6.07, 6.45) is 2.67. The van der Waals surface area contributed by atoms with Crippen LogP contribution in [0.1, 0.15) is 78.6 Å². The van der Waals surface area contributed by atoms with E-state index in [9.17, 15) is 34.5 Å². The van der Waals surface area contributed by atoms with Gasteiger partial charge in [-0.3, -0.25) is 14.6 Å². The third-order valence-corrected chi connectivity index (χ3v) is 14.3. The fourth-order valence-electron chi connectivity index (χ4n) is 10.6. The standard InChI is InChI=1S/C40H28N4O9S2/c1-41-31-10-6-13(44(2)3)18-20-15(10)26-25-24-22-17-12(8-55-37(17)28(25)34(40(50)51)43-32(26)29(31)38(46)47)42-33-27(22)16-11(36(54-5)30(33)39(48)49)7-14(53-9-45)19(35(18)52-4)21(16)23(20)24/h6-7,9,14,16,29,37,41H,8H2,1-5H3,(H,46,47)(H,48,49)(H,50,51). The summed E-state index contributed by atoms with van der Waals surface area (Å²) in [6, 6.07) is 1.94. The zero-order valence-electron chi connectivity index (χ0n) is 29.7. The molecule has 0 amide bonds. The molecule has 0 spiro atoms. The summed E-state index contributed by atoms with van der Waals surface area (Å²) in [4.78, 5) is 64.8. The number of pyridine rings is 2. The number of aliphatic carboxylic acids is 2. The lowest BCUT2D eigenvalue weighted by Gasteiger charge is -2.45. The van der Waals surface area contributed by atoms with Gasteiger partial charge in [0.25, 0.3) is 6.47 Å². The molecular formula is C40H28N4O9S2. The van der Waals surface area contributed by atoms with E-state index >= 15 is 0 Å². The average molecular weight is 773 g/mol. The van der Waals surface area contributed by atoms with E-state index in [1.54, 1.807) is 14.2 Å². The first kappa shape index (κ1) is 32.6. The first-order valence-electron chi connectivity index (χ1n) is 17.4. The van der Waals surface area contributed by atoms with Crippen molar-refractivity contribution in [3.8, 4) is 16.9 Å². The number of allylic oxidation sites excluding steroid dienone is 1. The van der Waals surface area contributed by atoms with Gasteiger partial charge in [-0.1, -0.05) is 0 Å². The Morgan fingerprint density at radius 2 is 1.73 bits per heavy atom. The van der Waals surface area contributed by atoms with E-state index in [0.29, 0.717) is 94.6 Å². The smallest absolute Gasteiger partial charge is 0.354 e. The molecule has 0 fully saturated rings. The van der Waals surface area contributed by atoms with Crippen LogP contribution in [0.4, 0.5) is 5.69 Å². The van der Waals surface area contributed by atoms with E-state index in [2.05, 4.69) is 5.32 Å². The Labute approximate surface area is 319 Å². The highest BCUT2D eigenvalue weighted by atomic mass is 32.2. The number of fused-ring (bicyclic) bond motifs is 1. The van der Waals surface area contributed by atoms with Crippen LogP contribution in [0.15, 0.2) is 22.6 Å². The second-order valence-corrected chi connectivity index (χ2v) is 16.5. The van der Waals surface area contributed by atoms with E-state index < -0.39 is 41.1 Å². The summed E-state index contributed by atoms with van der Waals surface area (Å²) in [6.45, 7) is 0.379. The normalized spacial score (nSPS) is 21.3. The van der Waals surface area contributed by atoms with E-state index in [4.69, 9.17) is 19.4 Å². The van der Waals surface area contributed by atoms with Gasteiger partial charge in [0.15, 0.2) is 5.69 Å². The Bertz CT molecular complexity index is 2990. The summed E-state index contributed by atoms with van der Waals surface area (Å²) < 4.78 is 12.3. The molecule has 55 heavy (non-hydrogen) atoms. The number of aromatic nitrogens is 2. The van der Waals surface area contributed by atoms with Gasteiger partial charge < -0.3 is 35.0 Å². The minimum atomic E-state index is -1.33. The molecule has 1 aliphatic heterocycles. The van der Waals surface area contributed by atoms with Crippen molar-refractivity contribution in [3.05, 3.63) is 78.4 Å². The third-order valence-electron chi connectivity index (χ3n) is 12.2. The van der Waals surface area contributed by atoms with Crippen molar-refractivity contribution in [1.82, 2.24) is 15.3 Å². The molecule has 15 heteroatoms. The van der Waals surface area contributed by atoms with Gasteiger partial charge in [-0.25, -0.2) is 14.6 Å². The Hall–Kier alpha value is -5.80. The number of carboxylic acids is 3. The molecule has 4 atom stereocenters. The molecule has 0 saturated heterocycles. The molecule has 5 aromatic rings. The van der Waals surface area contributed by atoms with Gasteiger partial charge in [0.05, 0.1) is 35.0 Å². The molecule has 2 aromatic heterocycles. The highest BCUT2D eigenvalue weighted by molar-refractivity contribution is 8.02. The van der Waals surface area contributed by atoms with Gasteiger partial charge in [-0.15, -0.1) is 23.5 Å². The van der Waals surface area contributed by atoms with Gasteiger partial charge >= 0.3 is 17.9 Å². The lowest BCUT2D eigenvalue weighted by molar-refractivity contribution is -0.137. The Morgan fingerprint density at radius 1 is 0.964 bits per heavy atom. The van der Waals surface area contributed by atoms with Crippen LogP contribution in [0.5, 0.6) is 5.75 Å². The van der Waals surface area contributed by atoms with Gasteiger partial charge in [0, 0.05) is 92.6 Å². The van der Waals surface area contributed by atoms with E-state index in [0.717, 1.165) is 33.2 Å². The number of carbonyl (C=O) groups excluding carboxylic acids is 1. The maximum atomic E-state index is 13.4. The number of nitrogens with zero attached hydrogens (tertiary/aromatic N) is 3. The minimum absolute atomic E-state index is 0.0456. The van der Waals surface area contributed by atoms with Crippen LogP contribution >= 0.6 is 23.5 Å². The largest absolute Gasteiger partial charge is 0.496 e. The van der Waals surface area contributed by atoms with Gasteiger partial charge in [0.1, 0.15) is 17.8 Å². The van der Waals surface area contributed by atoms with E-state index in [1.807, 2.05) is 37.4 Å². The molecule has 4 unspecified atom stereocenters. The van der Waals surface area contributed by atoms with Crippen molar-refractivity contribution in [1.29, 1.82) is 0 Å². The monoisotopic (exact) mass is 772 g/mol. The van der Waals surface area contributed by atoms with Gasteiger partial charge in [0.2, 0.25) is 0 Å². The van der Waals surface area contributed by atoms with E-state index in [1.165, 1.54) is 23.5 Å². The number of likely N-dealkylation sites (N-methyl/N-ethyl adjacent to an activating group) is 1. The second kappa shape index (κ2) is 10.5. The molecule has 3 aromatic carbocycles. The SMILES string of the molecule is CNC1=c2cc(N(C)C)c3c(OC)c4c5c6c7c8c(c(C(=O)O)nc(c8c2c36)C1C(=O)O)C1SCc2nc3c(c-7c21)C5C(=CC4OC=O)C(SC)=C3C(=O)O. The first-order chi connectivity index (χ1) is 26.5. The third kappa shape index (κ3) is 3.47. The number of hydrogen-bond donors (Lipinski definition) is 4. The number of methoxy groups -OCH3 is 1. The number of ether oxygens (including phenoxy) is 2. The molecule has 11 rings (SSSR count). The van der Waals surface area contributed by atoms with E-state index in [-0.39, 0.29) is 17.0 Å². The number of anilines is 1. The number of rotatable bonds is 9. The van der Waals surface area contributed by atoms with Crippen LogP contribution in [-0.2, 0) is 24.9 Å². The Kier molecular flexibility index (Phi) is 6.22. The van der Waals surface area contributed by atoms with Crippen LogP contribution in [0.2, 0.25) is 0 Å². The number of nitrogens with one attached hydrogen (secondary N) is 1. The topological polar surface area (TPSA) is 188 Å². The van der Waals surface area contributed by atoms with Crippen molar-refractivity contribution in [2.24, 2.45) is 0 Å². The minimum Gasteiger partial charge on any atom is -0.496 e. The molecular weight excluding hydrogens is 745 g/mol. The maximum Gasteiger partial charge on any atom is 0.354 e. The fourth-order valence-corrected chi connectivity index (χ4v) is 12.8. The van der Waals surface area contributed by atoms with Crippen LogP contribution in [0.25, 0.3) is 54.7 Å². The summed E-state index contributed by atoms with van der Waals surface area (Å²) in [5.74, 6) is -4.63. The van der Waals surface area contributed by atoms with Crippen LogP contribution in [-0.4, -0.2) is 84.2 Å². The zero-order chi connectivity index (χ0) is 38.3. The Balaban J connectivity index is 1.55. The molecule has 13 nitrogen and oxygen atoms in total. The molecule has 0 saturated carbocycles. The quantitative estimate of drug-likeness (QED) is 0.0887. The molecule has 3 heterocycles.